The van der Waals surface area contributed by atoms with Crippen molar-refractivity contribution in [3.8, 4) is 0 Å². The van der Waals surface area contributed by atoms with Crippen LogP contribution in [0.5, 0.6) is 0 Å². The number of hydrogen-bond acceptors (Lipinski definition) is 4. The van der Waals surface area contributed by atoms with Gasteiger partial charge in [-0.1, -0.05) is 18.2 Å². The summed E-state index contributed by atoms with van der Waals surface area (Å²) < 4.78 is 18.5. The third-order valence-electron chi connectivity index (χ3n) is 6.29. The van der Waals surface area contributed by atoms with Crippen LogP contribution in [0.15, 0.2) is 42.5 Å². The molecule has 1 aliphatic heterocycles. The lowest BCUT2D eigenvalue weighted by molar-refractivity contribution is 0.0301. The number of benzene rings is 2. The molecule has 2 N–H and O–H groups in total. The van der Waals surface area contributed by atoms with E-state index in [1.807, 2.05) is 30.0 Å². The number of likely N-dealkylation sites (tertiary alicyclic amines) is 1. The number of carbonyl (C=O) groups is 3. The zero-order valence-electron chi connectivity index (χ0n) is 22.3. The smallest absolute Gasteiger partial charge is 0.410 e. The van der Waals surface area contributed by atoms with Gasteiger partial charge in [-0.2, -0.15) is 0 Å². The number of rotatable bonds is 6. The van der Waals surface area contributed by atoms with Crippen molar-refractivity contribution in [3.63, 3.8) is 0 Å². The highest BCUT2D eigenvalue weighted by atomic mass is 19.1. The Labute approximate surface area is 218 Å². The number of nitrogens with zero attached hydrogens (tertiary/aromatic N) is 2. The number of halogens is 1. The molecule has 9 heteroatoms. The number of piperidine rings is 1. The lowest BCUT2D eigenvalue weighted by atomic mass is 9.89. The number of anilines is 1. The molecule has 8 nitrogen and oxygen atoms in total. The van der Waals surface area contributed by atoms with Crippen molar-refractivity contribution in [2.45, 2.75) is 52.1 Å². The van der Waals surface area contributed by atoms with Gasteiger partial charge in [-0.25, -0.2) is 14.0 Å². The molecule has 0 atom stereocenters. The number of amides is 4. The number of urea groups is 1. The largest absolute Gasteiger partial charge is 0.444 e. The Kier molecular flexibility index (Phi) is 9.13. The SMILES string of the molecule is Cc1ccc(C(=O)N2CCC(c3ccc(F)cc3)CC2)cc1NC(=O)NCCN(C)C(=O)OC(C)(C)C. The quantitative estimate of drug-likeness (QED) is 0.561. The zero-order chi connectivity index (χ0) is 27.2. The van der Waals surface area contributed by atoms with Crippen LogP contribution in [0.4, 0.5) is 19.7 Å². The molecule has 2 aromatic rings. The summed E-state index contributed by atoms with van der Waals surface area (Å²) in [5.74, 6) is -0.0279. The van der Waals surface area contributed by atoms with E-state index in [1.54, 1.807) is 40.0 Å². The molecule has 4 amide bonds. The molecule has 1 saturated heterocycles. The van der Waals surface area contributed by atoms with Crippen LogP contribution in [-0.4, -0.2) is 66.7 Å². The van der Waals surface area contributed by atoms with Gasteiger partial charge in [-0.3, -0.25) is 4.79 Å². The molecule has 0 unspecified atom stereocenters. The first-order valence-corrected chi connectivity index (χ1v) is 12.6. The highest BCUT2D eigenvalue weighted by molar-refractivity contribution is 5.97. The van der Waals surface area contributed by atoms with Crippen LogP contribution < -0.4 is 10.6 Å². The second kappa shape index (κ2) is 12.1. The van der Waals surface area contributed by atoms with Crippen LogP contribution >= 0.6 is 0 Å². The first kappa shape index (κ1) is 28.0. The third-order valence-corrected chi connectivity index (χ3v) is 6.29. The van der Waals surface area contributed by atoms with Gasteiger partial charge in [-0.15, -0.1) is 0 Å². The van der Waals surface area contributed by atoms with Crippen molar-refractivity contribution in [1.82, 2.24) is 15.1 Å². The van der Waals surface area contributed by atoms with Gasteiger partial charge >= 0.3 is 12.1 Å². The molecule has 1 aliphatic rings. The fraction of sp³-hybridized carbons (Fsp3) is 0.464. The minimum absolute atomic E-state index is 0.0833. The summed E-state index contributed by atoms with van der Waals surface area (Å²) in [6.07, 6.45) is 1.17. The Balaban J connectivity index is 1.51. The summed E-state index contributed by atoms with van der Waals surface area (Å²) in [6.45, 7) is 8.99. The average Bonchev–Trinajstić information content (AvgIpc) is 2.84. The molecule has 37 heavy (non-hydrogen) atoms. The number of nitrogens with one attached hydrogen (secondary N) is 2. The van der Waals surface area contributed by atoms with E-state index in [9.17, 15) is 18.8 Å². The van der Waals surface area contributed by atoms with E-state index in [0.29, 0.717) is 30.3 Å². The van der Waals surface area contributed by atoms with Gasteiger partial charge in [0.15, 0.2) is 0 Å². The first-order chi connectivity index (χ1) is 17.4. The molecule has 1 fully saturated rings. The van der Waals surface area contributed by atoms with Crippen molar-refractivity contribution in [3.05, 3.63) is 65.0 Å². The van der Waals surface area contributed by atoms with E-state index in [2.05, 4.69) is 10.6 Å². The summed E-state index contributed by atoms with van der Waals surface area (Å²) >= 11 is 0. The van der Waals surface area contributed by atoms with Crippen molar-refractivity contribution in [1.29, 1.82) is 0 Å². The molecular formula is C28H37FN4O4. The van der Waals surface area contributed by atoms with Crippen LogP contribution in [0.2, 0.25) is 0 Å². The minimum Gasteiger partial charge on any atom is -0.444 e. The van der Waals surface area contributed by atoms with Crippen molar-refractivity contribution in [2.24, 2.45) is 0 Å². The van der Waals surface area contributed by atoms with E-state index >= 15 is 0 Å². The molecule has 0 radical (unpaired) electrons. The van der Waals surface area contributed by atoms with Gasteiger partial charge in [0.25, 0.3) is 5.91 Å². The fourth-order valence-corrected chi connectivity index (χ4v) is 4.16. The molecule has 0 spiro atoms. The first-order valence-electron chi connectivity index (χ1n) is 12.6. The summed E-state index contributed by atoms with van der Waals surface area (Å²) in [5, 5.41) is 5.52. The van der Waals surface area contributed by atoms with Gasteiger partial charge in [-0.05, 0) is 81.8 Å². The summed E-state index contributed by atoms with van der Waals surface area (Å²) in [5.41, 5.74) is 2.39. The molecular weight excluding hydrogens is 475 g/mol. The van der Waals surface area contributed by atoms with Crippen LogP contribution in [0, 0.1) is 12.7 Å². The third kappa shape index (κ3) is 8.20. The predicted octanol–water partition coefficient (Wildman–Crippen LogP) is 5.14. The Morgan fingerprint density at radius 3 is 2.35 bits per heavy atom. The maximum Gasteiger partial charge on any atom is 0.410 e. The summed E-state index contributed by atoms with van der Waals surface area (Å²) in [7, 11) is 1.61. The highest BCUT2D eigenvalue weighted by Gasteiger charge is 2.25. The van der Waals surface area contributed by atoms with E-state index in [0.717, 1.165) is 24.0 Å². The van der Waals surface area contributed by atoms with Gasteiger partial charge in [0.05, 0.1) is 0 Å². The normalized spacial score (nSPS) is 14.2. The zero-order valence-corrected chi connectivity index (χ0v) is 22.3. The van der Waals surface area contributed by atoms with Crippen LogP contribution in [0.25, 0.3) is 0 Å². The van der Waals surface area contributed by atoms with Crippen LogP contribution in [0.3, 0.4) is 0 Å². The maximum absolute atomic E-state index is 13.2. The fourth-order valence-electron chi connectivity index (χ4n) is 4.16. The molecule has 0 aliphatic carbocycles. The molecule has 0 aromatic heterocycles. The number of carbonyl (C=O) groups excluding carboxylic acids is 3. The highest BCUT2D eigenvalue weighted by Crippen LogP contribution is 2.29. The monoisotopic (exact) mass is 512 g/mol. The molecule has 3 rings (SSSR count). The van der Waals surface area contributed by atoms with E-state index < -0.39 is 17.7 Å². The standard InChI is InChI=1S/C28H37FN4O4/c1-19-6-7-22(25(34)33-15-12-21(13-16-33)20-8-10-23(29)11-9-20)18-24(19)31-26(35)30-14-17-32(5)27(36)37-28(2,3)4/h6-11,18,21H,12-17H2,1-5H3,(H2,30,31,35). The Bertz CT molecular complexity index is 1110. The number of hydrogen-bond donors (Lipinski definition) is 2. The van der Waals surface area contributed by atoms with E-state index in [1.165, 1.54) is 17.0 Å². The van der Waals surface area contributed by atoms with Crippen molar-refractivity contribution < 1.29 is 23.5 Å². The molecule has 1 heterocycles. The van der Waals surface area contributed by atoms with Crippen LogP contribution in [-0.2, 0) is 4.74 Å². The minimum atomic E-state index is -0.589. The lowest BCUT2D eigenvalue weighted by Gasteiger charge is -2.32. The Hall–Kier alpha value is -3.62. The van der Waals surface area contributed by atoms with Gasteiger partial charge in [0, 0.05) is 44.5 Å². The van der Waals surface area contributed by atoms with Crippen LogP contribution in [0.1, 0.15) is 61.0 Å². The Morgan fingerprint density at radius 1 is 1.08 bits per heavy atom. The van der Waals surface area contributed by atoms with Crippen molar-refractivity contribution >= 4 is 23.7 Å². The van der Waals surface area contributed by atoms with Gasteiger partial charge < -0.3 is 25.2 Å². The van der Waals surface area contributed by atoms with E-state index in [4.69, 9.17) is 4.74 Å². The lowest BCUT2D eigenvalue weighted by Crippen LogP contribution is -2.40. The molecule has 200 valence electrons. The number of likely N-dealkylation sites (N-methyl/N-ethyl adjacent to an activating group) is 1. The predicted molar refractivity (Wildman–Crippen MR) is 141 cm³/mol. The number of ether oxygens (including phenoxy) is 1. The van der Waals surface area contributed by atoms with Gasteiger partial charge in [0.2, 0.25) is 0 Å². The molecule has 2 aromatic carbocycles. The Morgan fingerprint density at radius 2 is 1.73 bits per heavy atom. The van der Waals surface area contributed by atoms with Gasteiger partial charge in [0.1, 0.15) is 11.4 Å². The van der Waals surface area contributed by atoms with Crippen molar-refractivity contribution in [2.75, 3.05) is 38.5 Å². The maximum atomic E-state index is 13.2. The number of aryl methyl sites for hydroxylation is 1. The molecule has 0 saturated carbocycles. The second-order valence-electron chi connectivity index (χ2n) is 10.4. The molecule has 0 bridgehead atoms. The summed E-state index contributed by atoms with van der Waals surface area (Å²) in [6, 6.07) is 11.4. The van der Waals surface area contributed by atoms with E-state index in [-0.39, 0.29) is 24.8 Å². The average molecular weight is 513 g/mol. The summed E-state index contributed by atoms with van der Waals surface area (Å²) in [4.78, 5) is 40.8. The topological polar surface area (TPSA) is 91.0 Å². The second-order valence-corrected chi connectivity index (χ2v) is 10.4.